The number of carbonyl (C=O) groups is 3. The molecule has 108 valence electrons. The van der Waals surface area contributed by atoms with Crippen LogP contribution in [0, 0.1) is 0 Å². The van der Waals surface area contributed by atoms with E-state index in [1.165, 1.54) is 32.4 Å². The number of urea groups is 1. The van der Waals surface area contributed by atoms with Gasteiger partial charge in [0, 0.05) is 7.05 Å². The van der Waals surface area contributed by atoms with Crippen LogP contribution in [-0.2, 0) is 4.79 Å². The van der Waals surface area contributed by atoms with Crippen molar-refractivity contribution in [3.63, 3.8) is 0 Å². The average Bonchev–Trinajstić information content (AvgIpc) is 2.37. The lowest BCUT2D eigenvalue weighted by molar-refractivity contribution is -0.118. The minimum Gasteiger partial charge on any atom is -0.497 e. The Morgan fingerprint density at radius 2 is 2.05 bits per heavy atom. The summed E-state index contributed by atoms with van der Waals surface area (Å²) >= 11 is 0. The number of amides is 3. The number of aromatic carboxylic acids is 1. The molecule has 20 heavy (non-hydrogen) atoms. The van der Waals surface area contributed by atoms with E-state index in [-0.39, 0.29) is 17.8 Å². The number of anilines is 1. The lowest BCUT2D eigenvalue weighted by Gasteiger charge is -2.17. The van der Waals surface area contributed by atoms with Crippen LogP contribution in [0.15, 0.2) is 18.2 Å². The maximum absolute atomic E-state index is 11.8. The van der Waals surface area contributed by atoms with E-state index in [0.717, 1.165) is 4.90 Å². The average molecular weight is 281 g/mol. The van der Waals surface area contributed by atoms with Gasteiger partial charge in [-0.1, -0.05) is 0 Å². The quantitative estimate of drug-likeness (QED) is 0.718. The summed E-state index contributed by atoms with van der Waals surface area (Å²) in [4.78, 5) is 34.6. The van der Waals surface area contributed by atoms with Crippen molar-refractivity contribution >= 4 is 23.6 Å². The van der Waals surface area contributed by atoms with E-state index >= 15 is 0 Å². The van der Waals surface area contributed by atoms with Crippen molar-refractivity contribution in [2.75, 3.05) is 26.0 Å². The number of primary amides is 1. The molecule has 0 saturated heterocycles. The first kappa shape index (κ1) is 15.3. The van der Waals surface area contributed by atoms with E-state index in [1.54, 1.807) is 0 Å². The van der Waals surface area contributed by atoms with Gasteiger partial charge in [0.1, 0.15) is 12.3 Å². The second-order valence-corrected chi connectivity index (χ2v) is 3.97. The van der Waals surface area contributed by atoms with Crippen LogP contribution in [0.5, 0.6) is 5.75 Å². The second kappa shape index (κ2) is 6.41. The maximum atomic E-state index is 11.8. The van der Waals surface area contributed by atoms with Gasteiger partial charge >= 0.3 is 12.0 Å². The molecule has 0 bridgehead atoms. The number of hydrogen-bond donors (Lipinski definition) is 3. The van der Waals surface area contributed by atoms with Gasteiger partial charge in [0.25, 0.3) is 0 Å². The van der Waals surface area contributed by atoms with Crippen molar-refractivity contribution in [1.29, 1.82) is 0 Å². The van der Waals surface area contributed by atoms with Crippen molar-refractivity contribution in [2.45, 2.75) is 0 Å². The van der Waals surface area contributed by atoms with Crippen LogP contribution in [-0.4, -0.2) is 48.6 Å². The molecule has 0 unspecified atom stereocenters. The zero-order valence-electron chi connectivity index (χ0n) is 11.0. The van der Waals surface area contributed by atoms with Gasteiger partial charge in [-0.3, -0.25) is 4.79 Å². The molecule has 0 saturated carbocycles. The van der Waals surface area contributed by atoms with Crippen LogP contribution in [0.1, 0.15) is 10.4 Å². The van der Waals surface area contributed by atoms with Gasteiger partial charge in [-0.25, -0.2) is 9.59 Å². The molecule has 3 amide bonds. The largest absolute Gasteiger partial charge is 0.497 e. The number of benzene rings is 1. The predicted molar refractivity (Wildman–Crippen MR) is 70.8 cm³/mol. The van der Waals surface area contributed by atoms with Crippen molar-refractivity contribution in [2.24, 2.45) is 5.73 Å². The summed E-state index contributed by atoms with van der Waals surface area (Å²) in [5, 5.41) is 11.5. The molecule has 1 aromatic rings. The molecule has 4 N–H and O–H groups in total. The summed E-state index contributed by atoms with van der Waals surface area (Å²) in [6, 6.07) is 3.55. The molecule has 0 aliphatic rings. The Hall–Kier alpha value is -2.77. The summed E-state index contributed by atoms with van der Waals surface area (Å²) < 4.78 is 4.92. The number of nitrogens with one attached hydrogen (secondary N) is 1. The SMILES string of the molecule is COc1ccc(NC(=O)N(C)CC(N)=O)c(C(=O)O)c1. The molecule has 0 aromatic heterocycles. The van der Waals surface area contributed by atoms with Gasteiger partial charge in [-0.2, -0.15) is 0 Å². The number of nitrogens with two attached hydrogens (primary N) is 1. The second-order valence-electron chi connectivity index (χ2n) is 3.97. The third kappa shape index (κ3) is 3.87. The van der Waals surface area contributed by atoms with E-state index in [9.17, 15) is 14.4 Å². The van der Waals surface area contributed by atoms with Gasteiger partial charge in [0.15, 0.2) is 0 Å². The number of hydrogen-bond acceptors (Lipinski definition) is 4. The Morgan fingerprint density at radius 3 is 2.55 bits per heavy atom. The first-order valence-electron chi connectivity index (χ1n) is 5.57. The molecule has 0 radical (unpaired) electrons. The highest BCUT2D eigenvalue weighted by molar-refractivity contribution is 6.00. The van der Waals surface area contributed by atoms with Gasteiger partial charge in [-0.05, 0) is 18.2 Å². The summed E-state index contributed by atoms with van der Waals surface area (Å²) in [5.41, 5.74) is 4.95. The van der Waals surface area contributed by atoms with Crippen molar-refractivity contribution in [3.05, 3.63) is 23.8 Å². The van der Waals surface area contributed by atoms with Crippen LogP contribution < -0.4 is 15.8 Å². The normalized spacial score (nSPS) is 9.70. The summed E-state index contributed by atoms with van der Waals surface area (Å²) in [6.45, 7) is -0.273. The molecule has 0 atom stereocenters. The Morgan fingerprint density at radius 1 is 1.40 bits per heavy atom. The minimum atomic E-state index is -1.21. The van der Waals surface area contributed by atoms with Crippen LogP contribution in [0.25, 0.3) is 0 Å². The molecule has 0 aliphatic carbocycles. The number of rotatable bonds is 5. The zero-order valence-corrected chi connectivity index (χ0v) is 11.0. The monoisotopic (exact) mass is 281 g/mol. The van der Waals surface area contributed by atoms with Crippen LogP contribution >= 0.6 is 0 Å². The topological polar surface area (TPSA) is 122 Å². The number of ether oxygens (including phenoxy) is 1. The molecule has 8 heteroatoms. The van der Waals surface area contributed by atoms with Crippen molar-refractivity contribution in [3.8, 4) is 5.75 Å². The van der Waals surface area contributed by atoms with Gasteiger partial charge in [-0.15, -0.1) is 0 Å². The standard InChI is InChI=1S/C12H15N3O5/c1-15(6-10(13)16)12(19)14-9-4-3-7(20-2)5-8(9)11(17)18/h3-5H,6H2,1-2H3,(H2,13,16)(H,14,19)(H,17,18). The smallest absolute Gasteiger partial charge is 0.337 e. The van der Waals surface area contributed by atoms with Crippen molar-refractivity contribution in [1.82, 2.24) is 4.90 Å². The lowest BCUT2D eigenvalue weighted by atomic mass is 10.1. The van der Waals surface area contributed by atoms with E-state index in [2.05, 4.69) is 5.32 Å². The maximum Gasteiger partial charge on any atom is 0.337 e. The zero-order chi connectivity index (χ0) is 15.3. The predicted octanol–water partition coefficient (Wildman–Crippen LogP) is 0.342. The first-order chi connectivity index (χ1) is 9.35. The Bertz CT molecular complexity index is 544. The Balaban J connectivity index is 2.94. The highest BCUT2D eigenvalue weighted by atomic mass is 16.5. The molecule has 0 spiro atoms. The fourth-order valence-electron chi connectivity index (χ4n) is 1.45. The van der Waals surface area contributed by atoms with Crippen LogP contribution in [0.4, 0.5) is 10.5 Å². The summed E-state index contributed by atoms with van der Waals surface area (Å²) in [5.74, 6) is -1.53. The molecular formula is C12H15N3O5. The van der Waals surface area contributed by atoms with E-state index in [4.69, 9.17) is 15.6 Å². The number of methoxy groups -OCH3 is 1. The van der Waals surface area contributed by atoms with E-state index in [0.29, 0.717) is 5.75 Å². The third-order valence-corrected chi connectivity index (χ3v) is 2.44. The molecular weight excluding hydrogens is 266 g/mol. The summed E-state index contributed by atoms with van der Waals surface area (Å²) in [7, 11) is 2.77. The Kier molecular flexibility index (Phi) is 4.90. The number of likely N-dealkylation sites (N-methyl/N-ethyl adjacent to an activating group) is 1. The van der Waals surface area contributed by atoms with Crippen LogP contribution in [0.3, 0.4) is 0 Å². The van der Waals surface area contributed by atoms with E-state index in [1.807, 2.05) is 0 Å². The number of nitrogens with zero attached hydrogens (tertiary/aromatic N) is 1. The minimum absolute atomic E-state index is 0.0969. The van der Waals surface area contributed by atoms with Gasteiger partial charge in [0.05, 0.1) is 18.4 Å². The fourth-order valence-corrected chi connectivity index (χ4v) is 1.45. The number of carboxylic acid groups (broad SMARTS) is 1. The lowest BCUT2D eigenvalue weighted by Crippen LogP contribution is -2.38. The molecule has 0 fully saturated rings. The summed E-state index contributed by atoms with van der Waals surface area (Å²) in [6.07, 6.45) is 0. The molecule has 8 nitrogen and oxygen atoms in total. The molecule has 0 aliphatic heterocycles. The highest BCUT2D eigenvalue weighted by Gasteiger charge is 2.16. The third-order valence-electron chi connectivity index (χ3n) is 2.44. The number of carbonyl (C=O) groups excluding carboxylic acids is 2. The van der Waals surface area contributed by atoms with E-state index < -0.39 is 17.9 Å². The fraction of sp³-hybridized carbons (Fsp3) is 0.250. The molecule has 0 heterocycles. The highest BCUT2D eigenvalue weighted by Crippen LogP contribution is 2.22. The Labute approximate surface area is 115 Å². The van der Waals surface area contributed by atoms with Crippen LogP contribution in [0.2, 0.25) is 0 Å². The van der Waals surface area contributed by atoms with Gasteiger partial charge in [0.2, 0.25) is 5.91 Å². The van der Waals surface area contributed by atoms with Gasteiger partial charge < -0.3 is 25.8 Å². The molecule has 1 aromatic carbocycles. The molecule has 1 rings (SSSR count). The first-order valence-corrected chi connectivity index (χ1v) is 5.57. The van der Waals surface area contributed by atoms with Crippen molar-refractivity contribution < 1.29 is 24.2 Å². The number of carboxylic acids is 1.